The van der Waals surface area contributed by atoms with Crippen molar-refractivity contribution in [3.63, 3.8) is 0 Å². The molecule has 0 amide bonds. The predicted octanol–water partition coefficient (Wildman–Crippen LogP) is 4.76. The smallest absolute Gasteiger partial charge is 0.200 e. The summed E-state index contributed by atoms with van der Waals surface area (Å²) in [6.45, 7) is 2.29. The normalized spacial score (nSPS) is 12.8. The Morgan fingerprint density at radius 1 is 1.00 bits per heavy atom. The number of aromatic nitrogens is 1. The highest BCUT2D eigenvalue weighted by molar-refractivity contribution is 7.25. The van der Waals surface area contributed by atoms with Crippen LogP contribution in [0.5, 0.6) is 0 Å². The molecule has 2 heteroatoms. The second-order valence-electron chi connectivity index (χ2n) is 6.18. The fourth-order valence-corrected chi connectivity index (χ4v) is 5.23. The first kappa shape index (κ1) is 12.4. The zero-order valence-electron chi connectivity index (χ0n) is 12.7. The van der Waals surface area contributed by atoms with E-state index in [1.165, 1.54) is 48.1 Å². The molecular formula is C20H16NS+. The summed E-state index contributed by atoms with van der Waals surface area (Å²) in [6, 6.07) is 15.6. The molecule has 0 atom stereocenters. The molecule has 4 aromatic rings. The van der Waals surface area contributed by atoms with Gasteiger partial charge in [-0.1, -0.05) is 24.3 Å². The zero-order valence-corrected chi connectivity index (χ0v) is 13.5. The first-order valence-corrected chi connectivity index (χ1v) is 8.47. The zero-order chi connectivity index (χ0) is 14.8. The van der Waals surface area contributed by atoms with Crippen LogP contribution in [0.2, 0.25) is 0 Å². The topological polar surface area (TPSA) is 3.88 Å². The molecule has 106 valence electrons. The molecule has 2 heterocycles. The van der Waals surface area contributed by atoms with Gasteiger partial charge < -0.3 is 0 Å². The van der Waals surface area contributed by atoms with Crippen molar-refractivity contribution in [1.29, 1.82) is 0 Å². The van der Waals surface area contributed by atoms with Crippen LogP contribution in [0, 0.1) is 6.92 Å². The van der Waals surface area contributed by atoms with Crippen molar-refractivity contribution < 1.29 is 4.57 Å². The van der Waals surface area contributed by atoms with Crippen LogP contribution in [-0.4, -0.2) is 0 Å². The van der Waals surface area contributed by atoms with Crippen LogP contribution in [0.15, 0.2) is 48.7 Å². The molecule has 2 aromatic carbocycles. The Labute approximate surface area is 133 Å². The lowest BCUT2D eigenvalue weighted by atomic mass is 9.97. The van der Waals surface area contributed by atoms with E-state index in [2.05, 4.69) is 67.2 Å². The molecule has 0 spiro atoms. The van der Waals surface area contributed by atoms with Gasteiger partial charge >= 0.3 is 0 Å². The van der Waals surface area contributed by atoms with Crippen LogP contribution in [0.1, 0.15) is 16.7 Å². The lowest BCUT2D eigenvalue weighted by Gasteiger charge is -2.07. The van der Waals surface area contributed by atoms with Gasteiger partial charge in [0.1, 0.15) is 11.7 Å². The molecule has 0 saturated heterocycles. The van der Waals surface area contributed by atoms with E-state index in [4.69, 9.17) is 0 Å². The van der Waals surface area contributed by atoms with E-state index in [1.807, 2.05) is 11.3 Å². The van der Waals surface area contributed by atoms with E-state index in [-0.39, 0.29) is 0 Å². The van der Waals surface area contributed by atoms with Crippen LogP contribution >= 0.6 is 11.3 Å². The molecule has 0 bridgehead atoms. The Hall–Kier alpha value is -2.19. The minimum atomic E-state index is 1.07. The van der Waals surface area contributed by atoms with Crippen molar-refractivity contribution in [2.75, 3.05) is 0 Å². The van der Waals surface area contributed by atoms with Crippen LogP contribution in [0.25, 0.3) is 31.4 Å². The van der Waals surface area contributed by atoms with Crippen molar-refractivity contribution in [1.82, 2.24) is 0 Å². The molecule has 22 heavy (non-hydrogen) atoms. The van der Waals surface area contributed by atoms with E-state index in [0.717, 1.165) is 6.42 Å². The highest BCUT2D eigenvalue weighted by Crippen LogP contribution is 2.45. The van der Waals surface area contributed by atoms with Gasteiger partial charge in [0.15, 0.2) is 6.20 Å². The number of pyridine rings is 1. The van der Waals surface area contributed by atoms with Gasteiger partial charge in [-0.15, -0.1) is 11.3 Å². The van der Waals surface area contributed by atoms with E-state index < -0.39 is 0 Å². The third kappa shape index (κ3) is 1.46. The summed E-state index contributed by atoms with van der Waals surface area (Å²) in [5.41, 5.74) is 8.64. The second-order valence-corrected chi connectivity index (χ2v) is 7.26. The highest BCUT2D eigenvalue weighted by atomic mass is 32.1. The van der Waals surface area contributed by atoms with Gasteiger partial charge in [0, 0.05) is 10.8 Å². The molecule has 0 unspecified atom stereocenters. The van der Waals surface area contributed by atoms with Crippen LogP contribution < -0.4 is 4.57 Å². The number of hydrogen-bond donors (Lipinski definition) is 0. The Morgan fingerprint density at radius 2 is 1.86 bits per heavy atom. The van der Waals surface area contributed by atoms with Gasteiger partial charge in [-0.05, 0) is 53.3 Å². The number of rotatable bonds is 0. The first-order valence-electron chi connectivity index (χ1n) is 7.65. The minimum absolute atomic E-state index is 1.07. The number of thiophene rings is 1. The van der Waals surface area contributed by atoms with Gasteiger partial charge in [-0.3, -0.25) is 0 Å². The Balaban J connectivity index is 1.99. The number of fused-ring (bicyclic) bond motifs is 6. The van der Waals surface area contributed by atoms with E-state index in [0.29, 0.717) is 0 Å². The average Bonchev–Trinajstić information content (AvgIpc) is 3.06. The largest absolute Gasteiger partial charge is 0.231 e. The summed E-state index contributed by atoms with van der Waals surface area (Å²) < 4.78 is 5.05. The second kappa shape index (κ2) is 4.17. The average molecular weight is 302 g/mol. The summed E-state index contributed by atoms with van der Waals surface area (Å²) in [5, 5.41) is 1.43. The first-order chi connectivity index (χ1) is 10.7. The maximum absolute atomic E-state index is 2.42. The molecule has 1 nitrogen and oxygen atoms in total. The van der Waals surface area contributed by atoms with Gasteiger partial charge in [0.05, 0.1) is 5.39 Å². The summed E-state index contributed by atoms with van der Waals surface area (Å²) in [7, 11) is 2.15. The van der Waals surface area contributed by atoms with E-state index in [9.17, 15) is 0 Å². The van der Waals surface area contributed by atoms with Crippen molar-refractivity contribution in [3.05, 3.63) is 65.4 Å². The maximum Gasteiger partial charge on any atom is 0.231 e. The molecular weight excluding hydrogens is 286 g/mol. The van der Waals surface area contributed by atoms with Crippen LogP contribution in [0.3, 0.4) is 0 Å². The molecule has 5 rings (SSSR count). The molecule has 0 N–H and O–H groups in total. The Morgan fingerprint density at radius 3 is 2.77 bits per heavy atom. The van der Waals surface area contributed by atoms with E-state index >= 15 is 0 Å². The van der Waals surface area contributed by atoms with Crippen molar-refractivity contribution in [3.8, 4) is 11.1 Å². The van der Waals surface area contributed by atoms with Crippen molar-refractivity contribution in [2.45, 2.75) is 13.3 Å². The fourth-order valence-electron chi connectivity index (χ4n) is 3.95. The molecule has 0 saturated carbocycles. The summed E-state index contributed by atoms with van der Waals surface area (Å²) in [4.78, 5) is 0. The standard InChI is InChI=1S/C20H16NS/c1-12-18-14(10-13-6-3-4-7-15(13)18)11-17-19(12)20-16(22-17)8-5-9-21(20)2/h3-9,11H,10H2,1-2H3/q+1. The van der Waals surface area contributed by atoms with Crippen molar-refractivity contribution in [2.24, 2.45) is 7.05 Å². The van der Waals surface area contributed by atoms with Gasteiger partial charge in [-0.25, -0.2) is 0 Å². The van der Waals surface area contributed by atoms with Crippen molar-refractivity contribution >= 4 is 31.6 Å². The predicted molar refractivity (Wildman–Crippen MR) is 93.5 cm³/mol. The number of hydrogen-bond acceptors (Lipinski definition) is 1. The summed E-state index contributed by atoms with van der Waals surface area (Å²) in [6.07, 6.45) is 3.22. The minimum Gasteiger partial charge on any atom is -0.200 e. The highest BCUT2D eigenvalue weighted by Gasteiger charge is 2.25. The Bertz CT molecular complexity index is 1070. The number of aryl methyl sites for hydroxylation is 2. The lowest BCUT2D eigenvalue weighted by molar-refractivity contribution is -0.644. The molecule has 1 aliphatic rings. The molecule has 2 aromatic heterocycles. The molecule has 1 aliphatic carbocycles. The van der Waals surface area contributed by atoms with Crippen LogP contribution in [0.4, 0.5) is 0 Å². The summed E-state index contributed by atoms with van der Waals surface area (Å²) >= 11 is 1.91. The van der Waals surface area contributed by atoms with Gasteiger partial charge in [0.2, 0.25) is 5.52 Å². The number of nitrogens with zero attached hydrogens (tertiary/aromatic N) is 1. The third-order valence-corrected chi connectivity index (χ3v) is 5.98. The maximum atomic E-state index is 2.42. The number of benzene rings is 2. The van der Waals surface area contributed by atoms with Gasteiger partial charge in [0.25, 0.3) is 0 Å². The van der Waals surface area contributed by atoms with Gasteiger partial charge in [-0.2, -0.15) is 4.57 Å². The quantitative estimate of drug-likeness (QED) is 0.363. The van der Waals surface area contributed by atoms with E-state index in [1.54, 1.807) is 0 Å². The van der Waals surface area contributed by atoms with Crippen LogP contribution in [-0.2, 0) is 13.5 Å². The molecule has 0 aliphatic heterocycles. The SMILES string of the molecule is Cc1c2c(cc3sc4ccc[n+](C)c4c13)Cc1ccccc1-2. The Kier molecular flexibility index (Phi) is 2.35. The monoisotopic (exact) mass is 302 g/mol. The lowest BCUT2D eigenvalue weighted by Crippen LogP contribution is -2.27. The molecule has 0 radical (unpaired) electrons. The summed E-state index contributed by atoms with van der Waals surface area (Å²) in [5.74, 6) is 0. The third-order valence-electron chi connectivity index (χ3n) is 4.89. The fraction of sp³-hybridized carbons (Fsp3) is 0.150. The molecule has 0 fully saturated rings.